The Bertz CT molecular complexity index is 3250. The second kappa shape index (κ2) is 19.9. The van der Waals surface area contributed by atoms with E-state index in [0.717, 1.165) is 48.6 Å². The molecule has 336 valence electrons. The standard InChI is InChI=1S/C25H21N5O3.C13H15N3.C12H8N2O4/c1-33-20-7-6-17(14-26)22-21(20)19(15-28-22)23(31)25(32)30-12-10-29(11-13-30)24-18-5-3-2-4-16(18)8-9-27-24;1-2-4-12-11(3-1)5-6-15-13(12)16-9-7-14-8-10-16;1-18-8-3-2-6(4-13)10-9(8)7(5-14-10)11(15)12(16)17/h2-9,15,28H,10-13H2,1H3;1-6,14H,7-10H2;2-3,5,14H,1H3,(H,16,17). The number of ketones is 2. The molecule has 0 atom stereocenters. The van der Waals surface area contributed by atoms with E-state index in [0.29, 0.717) is 70.6 Å². The van der Waals surface area contributed by atoms with Crippen molar-refractivity contribution in [3.63, 3.8) is 0 Å². The van der Waals surface area contributed by atoms with Gasteiger partial charge in [-0.25, -0.2) is 14.8 Å². The van der Waals surface area contributed by atoms with E-state index in [2.05, 4.69) is 71.5 Å². The number of rotatable bonds is 8. The lowest BCUT2D eigenvalue weighted by atomic mass is 10.0. The van der Waals surface area contributed by atoms with E-state index in [1.807, 2.05) is 42.6 Å². The molecule has 17 heteroatoms. The first kappa shape index (κ1) is 44.8. The molecule has 0 spiro atoms. The molecule has 2 aliphatic rings. The maximum Gasteiger partial charge on any atom is 0.377 e. The van der Waals surface area contributed by atoms with Crippen LogP contribution >= 0.6 is 0 Å². The minimum Gasteiger partial charge on any atom is -0.496 e. The number of methoxy groups -OCH3 is 2. The van der Waals surface area contributed by atoms with Gasteiger partial charge in [-0.2, -0.15) is 10.5 Å². The molecule has 67 heavy (non-hydrogen) atoms. The molecular formula is C50H44N10O7. The summed E-state index contributed by atoms with van der Waals surface area (Å²) >= 11 is 0. The summed E-state index contributed by atoms with van der Waals surface area (Å²) in [5.41, 5.74) is 1.76. The van der Waals surface area contributed by atoms with Crippen molar-refractivity contribution < 1.29 is 33.8 Å². The maximum absolute atomic E-state index is 13.1. The number of carboxylic acids is 1. The predicted molar refractivity (Wildman–Crippen MR) is 253 cm³/mol. The van der Waals surface area contributed by atoms with Crippen molar-refractivity contribution in [2.75, 3.05) is 76.4 Å². The van der Waals surface area contributed by atoms with Crippen molar-refractivity contribution in [1.29, 1.82) is 10.5 Å². The van der Waals surface area contributed by atoms with Gasteiger partial charge in [0.05, 0.1) is 58.3 Å². The first-order chi connectivity index (χ1) is 32.7. The fourth-order valence-corrected chi connectivity index (χ4v) is 8.40. The van der Waals surface area contributed by atoms with E-state index >= 15 is 0 Å². The zero-order chi connectivity index (χ0) is 47.0. The number of aromatic amines is 2. The fraction of sp³-hybridized carbons (Fsp3) is 0.200. The van der Waals surface area contributed by atoms with E-state index in [9.17, 15) is 24.4 Å². The SMILES string of the molecule is COc1ccc(C#N)c2[nH]cc(C(=O)C(=O)N3CCN(c4nccc5ccccc45)CC3)c12.COc1ccc(C#N)c2[nH]cc(C(=O)C(=O)O)c12.c1ccc2c(N3CCNCC3)nccc2c1. The number of amides is 1. The summed E-state index contributed by atoms with van der Waals surface area (Å²) in [6.45, 7) is 6.17. The lowest BCUT2D eigenvalue weighted by molar-refractivity contribution is -0.131. The van der Waals surface area contributed by atoms with Gasteiger partial charge in [0.2, 0.25) is 0 Å². The van der Waals surface area contributed by atoms with E-state index in [-0.39, 0.29) is 11.1 Å². The van der Waals surface area contributed by atoms with Crippen LogP contribution in [-0.4, -0.2) is 120 Å². The number of anilines is 2. The number of ether oxygens (including phenoxy) is 2. The molecule has 4 N–H and O–H groups in total. The lowest BCUT2D eigenvalue weighted by Gasteiger charge is -2.35. The highest BCUT2D eigenvalue weighted by Gasteiger charge is 2.31. The van der Waals surface area contributed by atoms with Crippen LogP contribution in [0.3, 0.4) is 0 Å². The van der Waals surface area contributed by atoms with Gasteiger partial charge in [0.25, 0.3) is 17.5 Å². The Morgan fingerprint density at radius 3 is 1.54 bits per heavy atom. The van der Waals surface area contributed by atoms with Crippen molar-refractivity contribution in [2.45, 2.75) is 0 Å². The van der Waals surface area contributed by atoms with E-state index in [1.165, 1.54) is 49.5 Å². The first-order valence-electron chi connectivity index (χ1n) is 21.3. The largest absolute Gasteiger partial charge is 0.496 e. The van der Waals surface area contributed by atoms with Crippen LogP contribution in [0.5, 0.6) is 11.5 Å². The molecule has 0 bridgehead atoms. The van der Waals surface area contributed by atoms with Crippen LogP contribution in [0.2, 0.25) is 0 Å². The van der Waals surface area contributed by atoms with Gasteiger partial charge in [0, 0.05) is 87.9 Å². The van der Waals surface area contributed by atoms with Crippen LogP contribution in [0.25, 0.3) is 43.4 Å². The number of hydrogen-bond donors (Lipinski definition) is 4. The summed E-state index contributed by atoms with van der Waals surface area (Å²) in [4.78, 5) is 69.3. The number of carboxylic acid groups (broad SMARTS) is 1. The van der Waals surface area contributed by atoms with Crippen LogP contribution in [-0.2, 0) is 9.59 Å². The average Bonchev–Trinajstić information content (AvgIpc) is 4.04. The molecule has 2 fully saturated rings. The van der Waals surface area contributed by atoms with Gasteiger partial charge in [0.1, 0.15) is 35.3 Å². The Kier molecular flexibility index (Phi) is 13.3. The smallest absolute Gasteiger partial charge is 0.377 e. The third kappa shape index (κ3) is 8.99. The summed E-state index contributed by atoms with van der Waals surface area (Å²) in [6.07, 6.45) is 6.44. The van der Waals surface area contributed by atoms with Gasteiger partial charge in [-0.05, 0) is 47.2 Å². The van der Waals surface area contributed by atoms with Crippen LogP contribution < -0.4 is 24.6 Å². The molecule has 17 nitrogen and oxygen atoms in total. The number of piperazine rings is 2. The highest BCUT2D eigenvalue weighted by atomic mass is 16.5. The number of carbonyl (C=O) groups excluding carboxylic acids is 3. The van der Waals surface area contributed by atoms with Gasteiger partial charge in [-0.1, -0.05) is 48.5 Å². The Hall–Kier alpha value is -8.80. The summed E-state index contributed by atoms with van der Waals surface area (Å²) in [6, 6.07) is 30.9. The van der Waals surface area contributed by atoms with Gasteiger partial charge >= 0.3 is 5.97 Å². The topological polar surface area (TPSA) is 234 Å². The number of nitrogens with zero attached hydrogens (tertiary/aromatic N) is 7. The second-order valence-electron chi connectivity index (χ2n) is 15.5. The third-order valence-corrected chi connectivity index (χ3v) is 11.7. The number of benzene rings is 4. The molecule has 2 aliphatic heterocycles. The van der Waals surface area contributed by atoms with Crippen LogP contribution in [0.4, 0.5) is 11.6 Å². The molecular weight excluding hydrogens is 853 g/mol. The van der Waals surface area contributed by atoms with Gasteiger partial charge in [-0.15, -0.1) is 0 Å². The number of aliphatic carboxylic acids is 1. The lowest BCUT2D eigenvalue weighted by Crippen LogP contribution is -2.50. The molecule has 4 aromatic heterocycles. The number of pyridine rings is 2. The van der Waals surface area contributed by atoms with Crippen molar-refractivity contribution in [3.05, 3.63) is 132 Å². The van der Waals surface area contributed by atoms with Gasteiger partial charge < -0.3 is 44.6 Å². The molecule has 10 rings (SSSR count). The van der Waals surface area contributed by atoms with Crippen molar-refractivity contribution in [3.8, 4) is 23.6 Å². The van der Waals surface area contributed by atoms with Crippen LogP contribution in [0.1, 0.15) is 31.8 Å². The number of Topliss-reactive ketones (excluding diaryl/α,β-unsaturated/α-hetero) is 2. The zero-order valence-electron chi connectivity index (χ0n) is 36.6. The second-order valence-corrected chi connectivity index (χ2v) is 15.5. The molecule has 0 radical (unpaired) electrons. The number of nitrogens with one attached hydrogen (secondary N) is 3. The van der Waals surface area contributed by atoms with E-state index < -0.39 is 23.4 Å². The average molecular weight is 897 g/mol. The highest BCUT2D eigenvalue weighted by molar-refractivity contribution is 6.45. The van der Waals surface area contributed by atoms with Gasteiger partial charge in [0.15, 0.2) is 0 Å². The summed E-state index contributed by atoms with van der Waals surface area (Å²) < 4.78 is 10.5. The van der Waals surface area contributed by atoms with Crippen LogP contribution in [0, 0.1) is 22.7 Å². The Morgan fingerprint density at radius 1 is 0.612 bits per heavy atom. The van der Waals surface area contributed by atoms with Crippen molar-refractivity contribution in [2.24, 2.45) is 0 Å². The Morgan fingerprint density at radius 2 is 1.07 bits per heavy atom. The Balaban J connectivity index is 0.000000150. The van der Waals surface area contributed by atoms with Crippen molar-refractivity contribution >= 4 is 78.4 Å². The summed E-state index contributed by atoms with van der Waals surface area (Å²) in [7, 11) is 2.90. The number of H-pyrrole nitrogens is 2. The fourth-order valence-electron chi connectivity index (χ4n) is 8.40. The molecule has 6 heterocycles. The molecule has 0 aliphatic carbocycles. The van der Waals surface area contributed by atoms with Crippen LogP contribution in [0.15, 0.2) is 110 Å². The number of aromatic nitrogens is 4. The summed E-state index contributed by atoms with van der Waals surface area (Å²) in [5.74, 6) is -0.994. The predicted octanol–water partition coefficient (Wildman–Crippen LogP) is 6.09. The molecule has 1 amide bonds. The van der Waals surface area contributed by atoms with E-state index in [1.54, 1.807) is 23.2 Å². The Labute approximate surface area is 383 Å². The summed E-state index contributed by atoms with van der Waals surface area (Å²) in [5, 5.41) is 35.9. The monoisotopic (exact) mass is 896 g/mol. The quantitative estimate of drug-likeness (QED) is 0.0999. The number of fused-ring (bicyclic) bond motifs is 4. The molecule has 0 unspecified atom stereocenters. The minimum absolute atomic E-state index is 0.0218. The molecule has 2 saturated heterocycles. The first-order valence-corrected chi connectivity index (χ1v) is 21.3. The highest BCUT2D eigenvalue weighted by Crippen LogP contribution is 2.33. The van der Waals surface area contributed by atoms with Crippen molar-refractivity contribution in [1.82, 2.24) is 30.2 Å². The maximum atomic E-state index is 13.1. The van der Waals surface area contributed by atoms with E-state index in [4.69, 9.17) is 19.8 Å². The number of carbonyl (C=O) groups is 4. The molecule has 0 saturated carbocycles. The molecule has 4 aromatic carbocycles. The zero-order valence-corrected chi connectivity index (χ0v) is 36.6. The molecule has 8 aromatic rings. The number of nitriles is 2. The minimum atomic E-state index is -1.56. The normalized spacial score (nSPS) is 13.5. The van der Waals surface area contributed by atoms with Gasteiger partial charge in [-0.3, -0.25) is 14.4 Å². The third-order valence-electron chi connectivity index (χ3n) is 11.7. The number of hydrogen-bond acceptors (Lipinski definition) is 13.